The van der Waals surface area contributed by atoms with Crippen LogP contribution in [0.4, 0.5) is 19.9 Å². The van der Waals surface area contributed by atoms with Crippen molar-refractivity contribution in [2.45, 2.75) is 0 Å². The zero-order valence-corrected chi connectivity index (χ0v) is 10.3. The van der Waals surface area contributed by atoms with Gasteiger partial charge in [0.15, 0.2) is 0 Å². The number of aromatic carboxylic acids is 1. The zero-order valence-electron chi connectivity index (χ0n) is 9.51. The van der Waals surface area contributed by atoms with Crippen LogP contribution in [0.25, 0.3) is 0 Å². The van der Waals surface area contributed by atoms with Crippen LogP contribution in [0, 0.1) is 5.82 Å². The third-order valence-corrected chi connectivity index (χ3v) is 3.07. The maximum Gasteiger partial charge on any atom is 0.338 e. The van der Waals surface area contributed by atoms with Gasteiger partial charge in [-0.3, -0.25) is 5.32 Å². The van der Waals surface area contributed by atoms with Gasteiger partial charge in [0.25, 0.3) is 0 Å². The summed E-state index contributed by atoms with van der Waals surface area (Å²) in [5, 5.41) is 15.3. The lowest BCUT2D eigenvalue weighted by atomic mass is 10.3. The first-order chi connectivity index (χ1) is 9.08. The quantitative estimate of drug-likeness (QED) is 0.807. The first kappa shape index (κ1) is 13.0. The highest BCUT2D eigenvalue weighted by Crippen LogP contribution is 2.23. The Hall–Kier alpha value is -2.41. The van der Waals surface area contributed by atoms with Crippen molar-refractivity contribution in [3.05, 3.63) is 47.1 Å². The van der Waals surface area contributed by atoms with Crippen LogP contribution in [0.3, 0.4) is 0 Å². The molecule has 0 bridgehead atoms. The summed E-state index contributed by atoms with van der Waals surface area (Å²) in [6, 6.07) is 6.37. The van der Waals surface area contributed by atoms with E-state index in [4.69, 9.17) is 5.11 Å². The first-order valence-corrected chi connectivity index (χ1v) is 6.09. The number of para-hydroxylation sites is 1. The number of carboxylic acids is 1. The van der Waals surface area contributed by atoms with Crippen LogP contribution in [-0.2, 0) is 0 Å². The van der Waals surface area contributed by atoms with E-state index in [1.54, 1.807) is 11.4 Å². The molecule has 1 aromatic heterocycles. The number of rotatable bonds is 3. The molecular weight excluding hydrogens is 271 g/mol. The Kier molecular flexibility index (Phi) is 3.76. The van der Waals surface area contributed by atoms with Crippen LogP contribution in [0.15, 0.2) is 35.7 Å². The van der Waals surface area contributed by atoms with Gasteiger partial charge in [-0.2, -0.15) is 0 Å². The van der Waals surface area contributed by atoms with Crippen molar-refractivity contribution in [1.29, 1.82) is 0 Å². The van der Waals surface area contributed by atoms with Crippen LogP contribution in [-0.4, -0.2) is 17.1 Å². The number of carbonyl (C=O) groups excluding carboxylic acids is 1. The average molecular weight is 280 g/mol. The summed E-state index contributed by atoms with van der Waals surface area (Å²) in [6.07, 6.45) is 0. The molecule has 3 N–H and O–H groups in total. The van der Waals surface area contributed by atoms with E-state index < -0.39 is 17.8 Å². The number of nitrogens with one attached hydrogen (secondary N) is 2. The molecule has 7 heteroatoms. The monoisotopic (exact) mass is 280 g/mol. The topological polar surface area (TPSA) is 78.4 Å². The van der Waals surface area contributed by atoms with E-state index in [0.717, 1.165) is 11.3 Å². The Morgan fingerprint density at radius 3 is 2.58 bits per heavy atom. The molecule has 2 aromatic rings. The number of halogens is 1. The van der Waals surface area contributed by atoms with Crippen molar-refractivity contribution in [3.8, 4) is 0 Å². The number of carboxylic acid groups (broad SMARTS) is 1. The molecule has 0 spiro atoms. The molecule has 0 aliphatic heterocycles. The lowest BCUT2D eigenvalue weighted by Crippen LogP contribution is -2.20. The van der Waals surface area contributed by atoms with E-state index in [1.807, 2.05) is 0 Å². The van der Waals surface area contributed by atoms with Crippen LogP contribution in [0.5, 0.6) is 0 Å². The second kappa shape index (κ2) is 5.49. The summed E-state index contributed by atoms with van der Waals surface area (Å²) in [6.45, 7) is 0. The zero-order chi connectivity index (χ0) is 13.8. The van der Waals surface area contributed by atoms with Crippen LogP contribution in [0.1, 0.15) is 10.4 Å². The molecule has 1 aromatic carbocycles. The van der Waals surface area contributed by atoms with Gasteiger partial charge in [-0.1, -0.05) is 12.1 Å². The van der Waals surface area contributed by atoms with Gasteiger partial charge in [-0.05, 0) is 23.6 Å². The summed E-state index contributed by atoms with van der Waals surface area (Å²) in [7, 11) is 0. The van der Waals surface area contributed by atoms with Crippen molar-refractivity contribution < 1.29 is 19.1 Å². The minimum absolute atomic E-state index is 0.00585. The third kappa shape index (κ3) is 3.08. The second-order valence-electron chi connectivity index (χ2n) is 3.53. The van der Waals surface area contributed by atoms with E-state index in [-0.39, 0.29) is 16.3 Å². The van der Waals surface area contributed by atoms with E-state index >= 15 is 0 Å². The number of urea groups is 1. The number of benzene rings is 1. The van der Waals surface area contributed by atoms with Crippen molar-refractivity contribution >= 4 is 34.0 Å². The predicted octanol–water partition coefficient (Wildman–Crippen LogP) is 3.23. The number of anilines is 2. The average Bonchev–Trinajstić information content (AvgIpc) is 2.80. The second-order valence-corrected chi connectivity index (χ2v) is 4.44. The molecule has 0 aliphatic carbocycles. The molecule has 1 heterocycles. The molecule has 0 radical (unpaired) electrons. The molecule has 0 atom stereocenters. The minimum atomic E-state index is -1.14. The summed E-state index contributed by atoms with van der Waals surface area (Å²) in [4.78, 5) is 22.5. The van der Waals surface area contributed by atoms with Gasteiger partial charge in [0.1, 0.15) is 10.8 Å². The molecule has 0 saturated heterocycles. The summed E-state index contributed by atoms with van der Waals surface area (Å²) in [5.41, 5.74) is 0.0158. The van der Waals surface area contributed by atoms with Gasteiger partial charge in [-0.15, -0.1) is 11.3 Å². The smallest absolute Gasteiger partial charge is 0.338 e. The van der Waals surface area contributed by atoms with Gasteiger partial charge in [0.2, 0.25) is 0 Å². The Balaban J connectivity index is 2.08. The molecule has 0 unspecified atom stereocenters. The normalized spacial score (nSPS) is 9.95. The molecule has 0 saturated carbocycles. The van der Waals surface area contributed by atoms with E-state index in [2.05, 4.69) is 10.6 Å². The highest BCUT2D eigenvalue weighted by molar-refractivity contribution is 7.14. The standard InChI is InChI=1S/C12H9FN2O3S/c13-8-3-1-2-4-9(8)14-12(18)15-10-7(11(16)17)5-6-19-10/h1-6H,(H,16,17)(H2,14,15,18). The molecule has 2 rings (SSSR count). The molecule has 0 aliphatic rings. The lowest BCUT2D eigenvalue weighted by molar-refractivity contribution is 0.0698. The largest absolute Gasteiger partial charge is 0.478 e. The summed E-state index contributed by atoms with van der Waals surface area (Å²) in [5.74, 6) is -1.70. The Labute approximate surface area is 111 Å². The lowest BCUT2D eigenvalue weighted by Gasteiger charge is -2.07. The van der Waals surface area contributed by atoms with E-state index in [1.165, 1.54) is 24.3 Å². The fraction of sp³-hybridized carbons (Fsp3) is 0. The van der Waals surface area contributed by atoms with Crippen molar-refractivity contribution in [2.24, 2.45) is 0 Å². The maximum atomic E-state index is 13.3. The van der Waals surface area contributed by atoms with Gasteiger partial charge in [0.05, 0.1) is 11.3 Å². The Morgan fingerprint density at radius 1 is 1.16 bits per heavy atom. The highest BCUT2D eigenvalue weighted by atomic mass is 32.1. The summed E-state index contributed by atoms with van der Waals surface area (Å²) >= 11 is 1.07. The van der Waals surface area contributed by atoms with Gasteiger partial charge < -0.3 is 10.4 Å². The van der Waals surface area contributed by atoms with Gasteiger partial charge >= 0.3 is 12.0 Å². The fourth-order valence-corrected chi connectivity index (χ4v) is 2.17. The van der Waals surface area contributed by atoms with Crippen molar-refractivity contribution in [1.82, 2.24) is 0 Å². The van der Waals surface area contributed by atoms with E-state index in [9.17, 15) is 14.0 Å². The number of carbonyl (C=O) groups is 2. The number of thiophene rings is 1. The molecular formula is C12H9FN2O3S. The maximum absolute atomic E-state index is 13.3. The van der Waals surface area contributed by atoms with Gasteiger partial charge in [-0.25, -0.2) is 14.0 Å². The number of hydrogen-bond acceptors (Lipinski definition) is 3. The van der Waals surface area contributed by atoms with E-state index in [0.29, 0.717) is 0 Å². The fourth-order valence-electron chi connectivity index (χ4n) is 1.39. The predicted molar refractivity (Wildman–Crippen MR) is 70.3 cm³/mol. The molecule has 98 valence electrons. The van der Waals surface area contributed by atoms with Crippen LogP contribution >= 0.6 is 11.3 Å². The molecule has 19 heavy (non-hydrogen) atoms. The van der Waals surface area contributed by atoms with Crippen LogP contribution < -0.4 is 10.6 Å². The minimum Gasteiger partial charge on any atom is -0.478 e. The molecule has 5 nitrogen and oxygen atoms in total. The first-order valence-electron chi connectivity index (χ1n) is 5.21. The molecule has 2 amide bonds. The Bertz CT molecular complexity index is 627. The van der Waals surface area contributed by atoms with Gasteiger partial charge in [0, 0.05) is 0 Å². The Morgan fingerprint density at radius 2 is 1.89 bits per heavy atom. The SMILES string of the molecule is O=C(Nc1ccccc1F)Nc1sccc1C(=O)O. The number of hydrogen-bond donors (Lipinski definition) is 3. The molecule has 0 fully saturated rings. The van der Waals surface area contributed by atoms with Crippen LogP contribution in [0.2, 0.25) is 0 Å². The third-order valence-electron chi connectivity index (χ3n) is 2.24. The van der Waals surface area contributed by atoms with Crippen molar-refractivity contribution in [2.75, 3.05) is 10.6 Å². The summed E-state index contributed by atoms with van der Waals surface area (Å²) < 4.78 is 13.3. The highest BCUT2D eigenvalue weighted by Gasteiger charge is 2.14. The number of amides is 2. The van der Waals surface area contributed by atoms with Crippen molar-refractivity contribution in [3.63, 3.8) is 0 Å².